The first-order chi connectivity index (χ1) is 16.0. The Balaban J connectivity index is 1.40. The van der Waals surface area contributed by atoms with Gasteiger partial charge in [0.25, 0.3) is 0 Å². The maximum absolute atomic E-state index is 13.0. The lowest BCUT2D eigenvalue weighted by atomic mass is 9.93. The summed E-state index contributed by atoms with van der Waals surface area (Å²) in [5.41, 5.74) is 8.01. The third-order valence-electron chi connectivity index (χ3n) is 6.28. The molecule has 1 aliphatic heterocycles. The first-order valence-corrected chi connectivity index (χ1v) is 12.7. The van der Waals surface area contributed by atoms with Gasteiger partial charge in [0, 0.05) is 29.7 Å². The van der Waals surface area contributed by atoms with Crippen molar-refractivity contribution >= 4 is 35.0 Å². The first-order valence-electron chi connectivity index (χ1n) is 11.1. The van der Waals surface area contributed by atoms with Crippen LogP contribution in [-0.2, 0) is 25.8 Å². The number of anilines is 1. The van der Waals surface area contributed by atoms with Crippen LogP contribution in [0, 0.1) is 18.3 Å². The molecule has 1 aliphatic carbocycles. The van der Waals surface area contributed by atoms with E-state index in [1.54, 1.807) is 23.6 Å². The molecule has 0 fully saturated rings. The molecule has 0 unspecified atom stereocenters. The Kier molecular flexibility index (Phi) is 6.11. The number of rotatable bonds is 4. The largest absolute Gasteiger partial charge is 0.329 e. The SMILES string of the molecule is Cc1cc2c(c(NC(=O)NSc3cc4c(s3)CCN(C)C4)c1-c1ccnc(C#N)c1)CCC2. The monoisotopic (exact) mass is 475 g/mol. The summed E-state index contributed by atoms with van der Waals surface area (Å²) in [6.07, 6.45) is 5.76. The molecule has 33 heavy (non-hydrogen) atoms. The lowest BCUT2D eigenvalue weighted by Crippen LogP contribution is -2.25. The second kappa shape index (κ2) is 9.18. The molecule has 0 saturated carbocycles. The van der Waals surface area contributed by atoms with Gasteiger partial charge in [-0.15, -0.1) is 11.3 Å². The molecule has 1 aromatic carbocycles. The average molecular weight is 476 g/mol. The Morgan fingerprint density at radius 3 is 2.97 bits per heavy atom. The first kappa shape index (κ1) is 22.0. The Labute approximate surface area is 202 Å². The van der Waals surface area contributed by atoms with E-state index in [1.807, 2.05) is 6.07 Å². The number of amides is 2. The molecule has 0 atom stereocenters. The highest BCUT2D eigenvalue weighted by molar-refractivity contribution is 7.99. The van der Waals surface area contributed by atoms with Gasteiger partial charge in [-0.25, -0.2) is 9.78 Å². The lowest BCUT2D eigenvalue weighted by Gasteiger charge is -2.21. The van der Waals surface area contributed by atoms with Gasteiger partial charge in [0.1, 0.15) is 11.8 Å². The number of likely N-dealkylation sites (N-methyl/N-ethyl adjacent to an activating group) is 1. The van der Waals surface area contributed by atoms with Gasteiger partial charge in [0.05, 0.1) is 9.90 Å². The topological polar surface area (TPSA) is 81.1 Å². The quantitative estimate of drug-likeness (QED) is 0.501. The summed E-state index contributed by atoms with van der Waals surface area (Å²) < 4.78 is 4.08. The molecule has 0 radical (unpaired) electrons. The molecule has 3 aromatic rings. The van der Waals surface area contributed by atoms with Crippen LogP contribution in [0.15, 0.2) is 34.7 Å². The van der Waals surface area contributed by atoms with E-state index in [-0.39, 0.29) is 6.03 Å². The Bertz CT molecular complexity index is 1280. The van der Waals surface area contributed by atoms with Crippen LogP contribution in [0.3, 0.4) is 0 Å². The zero-order chi connectivity index (χ0) is 22.9. The number of nitriles is 1. The molecule has 0 saturated heterocycles. The van der Waals surface area contributed by atoms with Gasteiger partial charge >= 0.3 is 6.03 Å². The Morgan fingerprint density at radius 2 is 2.12 bits per heavy atom. The summed E-state index contributed by atoms with van der Waals surface area (Å²) in [5.74, 6) is 0. The van der Waals surface area contributed by atoms with Crippen molar-refractivity contribution < 1.29 is 4.79 Å². The summed E-state index contributed by atoms with van der Waals surface area (Å²) in [5, 5.41) is 12.5. The van der Waals surface area contributed by atoms with Crippen molar-refractivity contribution in [1.82, 2.24) is 14.6 Å². The molecular formula is C25H25N5OS2. The number of aryl methyl sites for hydroxylation is 2. The fourth-order valence-electron chi connectivity index (χ4n) is 4.78. The highest BCUT2D eigenvalue weighted by atomic mass is 32.2. The van der Waals surface area contributed by atoms with E-state index in [0.717, 1.165) is 65.4 Å². The van der Waals surface area contributed by atoms with Crippen LogP contribution in [0.5, 0.6) is 0 Å². The molecule has 6 nitrogen and oxygen atoms in total. The van der Waals surface area contributed by atoms with Crippen molar-refractivity contribution in [3.8, 4) is 17.2 Å². The Morgan fingerprint density at radius 1 is 1.24 bits per heavy atom. The highest BCUT2D eigenvalue weighted by Gasteiger charge is 2.23. The second-order valence-electron chi connectivity index (χ2n) is 8.64. The molecule has 168 valence electrons. The molecule has 2 aliphatic rings. The number of thiophene rings is 1. The summed E-state index contributed by atoms with van der Waals surface area (Å²) in [6.45, 7) is 4.11. The number of carbonyl (C=O) groups is 1. The van der Waals surface area contributed by atoms with Gasteiger partial charge in [-0.3, -0.25) is 4.72 Å². The fraction of sp³-hybridized carbons (Fsp3) is 0.320. The second-order valence-corrected chi connectivity index (χ2v) is 10.9. The molecule has 8 heteroatoms. The van der Waals surface area contributed by atoms with Crippen LogP contribution in [-0.4, -0.2) is 29.5 Å². The van der Waals surface area contributed by atoms with Crippen LogP contribution in [0.25, 0.3) is 11.1 Å². The number of urea groups is 1. The maximum atomic E-state index is 13.0. The minimum atomic E-state index is -0.237. The molecule has 3 heterocycles. The molecule has 2 amide bonds. The van der Waals surface area contributed by atoms with Crippen molar-refractivity contribution in [3.63, 3.8) is 0 Å². The van der Waals surface area contributed by atoms with E-state index in [1.165, 1.54) is 33.5 Å². The summed E-state index contributed by atoms with van der Waals surface area (Å²) in [7, 11) is 2.14. The van der Waals surface area contributed by atoms with Gasteiger partial charge in [0.15, 0.2) is 0 Å². The van der Waals surface area contributed by atoms with Gasteiger partial charge in [-0.1, -0.05) is 6.07 Å². The maximum Gasteiger partial charge on any atom is 0.329 e. The smallest absolute Gasteiger partial charge is 0.306 e. The van der Waals surface area contributed by atoms with Crippen molar-refractivity contribution in [3.05, 3.63) is 63.3 Å². The van der Waals surface area contributed by atoms with Crippen molar-refractivity contribution in [1.29, 1.82) is 5.26 Å². The van der Waals surface area contributed by atoms with Crippen molar-refractivity contribution in [2.45, 2.75) is 43.4 Å². The Hall–Kier alpha value is -2.86. The number of hydrogen-bond acceptors (Lipinski definition) is 6. The standard InChI is InChI=1S/C25H25N5OS2/c1-15-10-16-4-3-5-20(16)24(23(15)17-6-8-27-19(11-17)13-26)28-25(31)29-33-22-12-18-14-30(2)9-7-21(18)32-22/h6,8,10-12H,3-5,7,9,14H2,1-2H3,(H2,28,29,31). The normalized spacial score (nSPS) is 14.9. The molecule has 2 N–H and O–H groups in total. The third kappa shape index (κ3) is 4.49. The summed E-state index contributed by atoms with van der Waals surface area (Å²) >= 11 is 3.14. The van der Waals surface area contributed by atoms with Gasteiger partial charge in [0.2, 0.25) is 0 Å². The number of hydrogen-bond donors (Lipinski definition) is 2. The molecule has 2 aromatic heterocycles. The zero-order valence-electron chi connectivity index (χ0n) is 18.7. The van der Waals surface area contributed by atoms with Crippen LogP contribution < -0.4 is 10.0 Å². The number of pyridine rings is 1. The molecular weight excluding hydrogens is 450 g/mol. The predicted octanol–water partition coefficient (Wildman–Crippen LogP) is 5.30. The van der Waals surface area contributed by atoms with E-state index in [0.29, 0.717) is 5.69 Å². The number of nitrogens with one attached hydrogen (secondary N) is 2. The number of carbonyl (C=O) groups excluding carboxylic acids is 1. The third-order valence-corrected chi connectivity index (χ3v) is 8.42. The predicted molar refractivity (Wildman–Crippen MR) is 134 cm³/mol. The summed E-state index contributed by atoms with van der Waals surface area (Å²) in [4.78, 5) is 20.8. The minimum Gasteiger partial charge on any atom is -0.306 e. The van der Waals surface area contributed by atoms with E-state index in [4.69, 9.17) is 0 Å². The number of benzene rings is 1. The van der Waals surface area contributed by atoms with Crippen LogP contribution in [0.2, 0.25) is 0 Å². The minimum absolute atomic E-state index is 0.237. The van der Waals surface area contributed by atoms with E-state index in [2.05, 4.69) is 52.1 Å². The highest BCUT2D eigenvalue weighted by Crippen LogP contribution is 2.40. The van der Waals surface area contributed by atoms with Crippen LogP contribution >= 0.6 is 23.3 Å². The molecule has 0 bridgehead atoms. The molecule has 0 spiro atoms. The zero-order valence-corrected chi connectivity index (χ0v) is 20.3. The van der Waals surface area contributed by atoms with E-state index < -0.39 is 0 Å². The number of aromatic nitrogens is 1. The van der Waals surface area contributed by atoms with Crippen LogP contribution in [0.4, 0.5) is 10.5 Å². The molecule has 5 rings (SSSR count). The number of fused-ring (bicyclic) bond motifs is 2. The number of nitrogens with zero attached hydrogens (tertiary/aromatic N) is 3. The van der Waals surface area contributed by atoms with Crippen LogP contribution in [0.1, 0.15) is 39.2 Å². The lowest BCUT2D eigenvalue weighted by molar-refractivity contribution is 0.257. The van der Waals surface area contributed by atoms with Gasteiger partial charge < -0.3 is 10.2 Å². The van der Waals surface area contributed by atoms with Crippen molar-refractivity contribution in [2.75, 3.05) is 18.9 Å². The van der Waals surface area contributed by atoms with Gasteiger partial charge in [-0.05, 0) is 97.6 Å². The van der Waals surface area contributed by atoms with E-state index >= 15 is 0 Å². The average Bonchev–Trinajstić information content (AvgIpc) is 3.44. The summed E-state index contributed by atoms with van der Waals surface area (Å²) in [6, 6.07) is 9.97. The van der Waals surface area contributed by atoms with E-state index in [9.17, 15) is 10.1 Å². The van der Waals surface area contributed by atoms with Crippen molar-refractivity contribution in [2.24, 2.45) is 0 Å². The van der Waals surface area contributed by atoms with Gasteiger partial charge in [-0.2, -0.15) is 5.26 Å². The fourth-order valence-corrected chi connectivity index (χ4v) is 6.71.